The molecule has 5 nitrogen and oxygen atoms in total. The Balaban J connectivity index is 3.18. The van der Waals surface area contributed by atoms with Gasteiger partial charge in [-0.2, -0.15) is 0 Å². The molecule has 0 aliphatic carbocycles. The molecule has 1 aromatic carbocycles. The molecule has 0 heterocycles. The minimum Gasteiger partial charge on any atom is -0.465 e. The highest BCUT2D eigenvalue weighted by Crippen LogP contribution is 2.22. The van der Waals surface area contributed by atoms with E-state index in [0.29, 0.717) is 11.1 Å². The predicted molar refractivity (Wildman–Crippen MR) is 66.0 cm³/mol. The maximum Gasteiger partial charge on any atom is 0.337 e. The van der Waals surface area contributed by atoms with Gasteiger partial charge >= 0.3 is 5.97 Å². The normalized spacial score (nSPS) is 12.4. The van der Waals surface area contributed by atoms with Crippen LogP contribution in [0.4, 0.5) is 5.69 Å². The van der Waals surface area contributed by atoms with E-state index in [9.17, 15) is 9.90 Å². The zero-order chi connectivity index (χ0) is 13.0. The van der Waals surface area contributed by atoms with Gasteiger partial charge in [0.05, 0.1) is 12.7 Å². The van der Waals surface area contributed by atoms with Gasteiger partial charge in [0, 0.05) is 12.7 Å². The van der Waals surface area contributed by atoms with Crippen LogP contribution in [-0.4, -0.2) is 44.2 Å². The van der Waals surface area contributed by atoms with E-state index < -0.39 is 12.2 Å². The van der Waals surface area contributed by atoms with Crippen LogP contribution < -0.4 is 5.32 Å². The van der Waals surface area contributed by atoms with Crippen LogP contribution in [0.15, 0.2) is 18.2 Å². The van der Waals surface area contributed by atoms with E-state index in [-0.39, 0.29) is 0 Å². The SMILES string of the molecule is CNc1cc(C(=O)OC)cc(C(O)N(C)C)c1. The van der Waals surface area contributed by atoms with Crippen molar-refractivity contribution in [2.45, 2.75) is 6.23 Å². The van der Waals surface area contributed by atoms with Gasteiger partial charge in [-0.25, -0.2) is 4.79 Å². The molecule has 5 heteroatoms. The Morgan fingerprint density at radius 1 is 1.41 bits per heavy atom. The van der Waals surface area contributed by atoms with E-state index >= 15 is 0 Å². The Morgan fingerprint density at radius 3 is 2.53 bits per heavy atom. The molecule has 0 amide bonds. The summed E-state index contributed by atoms with van der Waals surface area (Å²) in [7, 11) is 6.60. The molecule has 0 spiro atoms. The van der Waals surface area contributed by atoms with Crippen molar-refractivity contribution in [2.75, 3.05) is 33.6 Å². The number of carbonyl (C=O) groups is 1. The standard InChI is InChI=1S/C12H18N2O3/c1-13-10-6-8(11(15)14(2)3)5-9(7-10)12(16)17-4/h5-7,11,13,15H,1-4H3. The number of aliphatic hydroxyl groups is 1. The number of aliphatic hydroxyl groups excluding tert-OH is 1. The van der Waals surface area contributed by atoms with Crippen molar-refractivity contribution in [3.8, 4) is 0 Å². The van der Waals surface area contributed by atoms with Crippen LogP contribution in [-0.2, 0) is 4.74 Å². The Bertz CT molecular complexity index is 405. The topological polar surface area (TPSA) is 61.8 Å². The van der Waals surface area contributed by atoms with Crippen LogP contribution in [0.5, 0.6) is 0 Å². The van der Waals surface area contributed by atoms with Crippen molar-refractivity contribution in [3.63, 3.8) is 0 Å². The number of hydrogen-bond acceptors (Lipinski definition) is 5. The number of ether oxygens (including phenoxy) is 1. The number of nitrogens with one attached hydrogen (secondary N) is 1. The first-order chi connectivity index (χ1) is 7.99. The monoisotopic (exact) mass is 238 g/mol. The van der Waals surface area contributed by atoms with Gasteiger partial charge in [-0.05, 0) is 37.9 Å². The Labute approximate surface area is 101 Å². The fraction of sp³-hybridized carbons (Fsp3) is 0.417. The van der Waals surface area contributed by atoms with Crippen molar-refractivity contribution in [1.82, 2.24) is 4.90 Å². The summed E-state index contributed by atoms with van der Waals surface area (Å²) in [5.41, 5.74) is 1.81. The third-order valence-corrected chi connectivity index (χ3v) is 2.45. The molecule has 0 aliphatic heterocycles. The summed E-state index contributed by atoms with van der Waals surface area (Å²) >= 11 is 0. The molecule has 94 valence electrons. The van der Waals surface area contributed by atoms with Crippen molar-refractivity contribution < 1.29 is 14.6 Å². The zero-order valence-corrected chi connectivity index (χ0v) is 10.5. The van der Waals surface area contributed by atoms with Gasteiger partial charge in [0.25, 0.3) is 0 Å². The second kappa shape index (κ2) is 5.65. The number of carbonyl (C=O) groups excluding carboxylic acids is 1. The summed E-state index contributed by atoms with van der Waals surface area (Å²) in [4.78, 5) is 13.1. The fourth-order valence-corrected chi connectivity index (χ4v) is 1.48. The molecule has 0 saturated carbocycles. The van der Waals surface area contributed by atoms with Crippen molar-refractivity contribution in [3.05, 3.63) is 29.3 Å². The number of esters is 1. The highest BCUT2D eigenvalue weighted by Gasteiger charge is 2.14. The van der Waals surface area contributed by atoms with Crippen LogP contribution >= 0.6 is 0 Å². The number of methoxy groups -OCH3 is 1. The first-order valence-corrected chi connectivity index (χ1v) is 5.25. The molecule has 0 bridgehead atoms. The Hall–Kier alpha value is -1.59. The third-order valence-electron chi connectivity index (χ3n) is 2.45. The average Bonchev–Trinajstić information content (AvgIpc) is 2.35. The summed E-state index contributed by atoms with van der Waals surface area (Å²) < 4.78 is 4.67. The van der Waals surface area contributed by atoms with E-state index in [1.54, 1.807) is 44.2 Å². The highest BCUT2D eigenvalue weighted by molar-refractivity contribution is 5.90. The molecule has 0 aliphatic rings. The summed E-state index contributed by atoms with van der Waals surface area (Å²) in [5, 5.41) is 12.9. The fourth-order valence-electron chi connectivity index (χ4n) is 1.48. The lowest BCUT2D eigenvalue weighted by molar-refractivity contribution is 0.0393. The molecule has 2 N–H and O–H groups in total. The van der Waals surface area contributed by atoms with E-state index in [1.165, 1.54) is 7.11 Å². The molecule has 0 aromatic heterocycles. The molecule has 1 atom stereocenters. The largest absolute Gasteiger partial charge is 0.465 e. The molecule has 1 aromatic rings. The first kappa shape index (κ1) is 13.5. The number of benzene rings is 1. The van der Waals surface area contributed by atoms with Crippen LogP contribution in [0, 0.1) is 0 Å². The van der Waals surface area contributed by atoms with Gasteiger partial charge < -0.3 is 15.2 Å². The minimum atomic E-state index is -0.758. The van der Waals surface area contributed by atoms with E-state index in [4.69, 9.17) is 0 Å². The van der Waals surface area contributed by atoms with Crippen molar-refractivity contribution in [1.29, 1.82) is 0 Å². The van der Waals surface area contributed by atoms with Gasteiger partial charge in [0.15, 0.2) is 0 Å². The summed E-state index contributed by atoms with van der Waals surface area (Å²) in [6, 6.07) is 5.09. The second-order valence-electron chi connectivity index (χ2n) is 3.92. The second-order valence-corrected chi connectivity index (χ2v) is 3.92. The first-order valence-electron chi connectivity index (χ1n) is 5.25. The third kappa shape index (κ3) is 3.18. The average molecular weight is 238 g/mol. The zero-order valence-electron chi connectivity index (χ0n) is 10.5. The van der Waals surface area contributed by atoms with Crippen molar-refractivity contribution in [2.24, 2.45) is 0 Å². The quantitative estimate of drug-likeness (QED) is 0.607. The Kier molecular flexibility index (Phi) is 4.48. The molecule has 0 radical (unpaired) electrons. The molecule has 0 saturated heterocycles. The summed E-state index contributed by atoms with van der Waals surface area (Å²) in [6.07, 6.45) is -0.758. The van der Waals surface area contributed by atoms with Crippen LogP contribution in [0.25, 0.3) is 0 Å². The lowest BCUT2D eigenvalue weighted by atomic mass is 10.1. The van der Waals surface area contributed by atoms with Gasteiger partial charge in [0.2, 0.25) is 0 Å². The number of nitrogens with zero attached hydrogens (tertiary/aromatic N) is 1. The molecule has 17 heavy (non-hydrogen) atoms. The maximum absolute atomic E-state index is 11.5. The van der Waals surface area contributed by atoms with Gasteiger partial charge in [-0.1, -0.05) is 0 Å². The number of rotatable bonds is 4. The predicted octanol–water partition coefficient (Wildman–Crippen LogP) is 1.07. The lowest BCUT2D eigenvalue weighted by Crippen LogP contribution is -2.20. The maximum atomic E-state index is 11.5. The van der Waals surface area contributed by atoms with Crippen LogP contribution in [0.3, 0.4) is 0 Å². The van der Waals surface area contributed by atoms with E-state index in [1.807, 2.05) is 0 Å². The van der Waals surface area contributed by atoms with E-state index in [0.717, 1.165) is 5.69 Å². The Morgan fingerprint density at radius 2 is 2.06 bits per heavy atom. The van der Waals surface area contributed by atoms with Gasteiger partial charge in [-0.15, -0.1) is 0 Å². The molecule has 0 fully saturated rings. The van der Waals surface area contributed by atoms with Crippen molar-refractivity contribution >= 4 is 11.7 Å². The molecule has 1 unspecified atom stereocenters. The van der Waals surface area contributed by atoms with Gasteiger partial charge in [0.1, 0.15) is 6.23 Å². The molecule has 1 rings (SSSR count). The minimum absolute atomic E-state index is 0.412. The highest BCUT2D eigenvalue weighted by atomic mass is 16.5. The number of anilines is 1. The van der Waals surface area contributed by atoms with E-state index in [2.05, 4.69) is 10.1 Å². The van der Waals surface area contributed by atoms with Crippen LogP contribution in [0.1, 0.15) is 22.1 Å². The summed E-state index contributed by atoms with van der Waals surface area (Å²) in [5.74, 6) is -0.422. The molecular formula is C12H18N2O3. The van der Waals surface area contributed by atoms with Crippen LogP contribution in [0.2, 0.25) is 0 Å². The lowest BCUT2D eigenvalue weighted by Gasteiger charge is -2.20. The number of hydrogen-bond donors (Lipinski definition) is 2. The molecular weight excluding hydrogens is 220 g/mol. The van der Waals surface area contributed by atoms with Gasteiger partial charge in [-0.3, -0.25) is 4.90 Å². The smallest absolute Gasteiger partial charge is 0.337 e. The summed E-state index contributed by atoms with van der Waals surface area (Å²) in [6.45, 7) is 0.